The van der Waals surface area contributed by atoms with Crippen molar-refractivity contribution in [1.82, 2.24) is 9.55 Å². The first kappa shape index (κ1) is 13.9. The molecule has 1 aromatic rings. The number of nitrogens with zero attached hydrogens (tertiary/aromatic N) is 1. The van der Waals surface area contributed by atoms with Gasteiger partial charge in [0.1, 0.15) is 5.15 Å². The second-order valence-electron chi connectivity index (χ2n) is 6.21. The highest BCUT2D eigenvalue weighted by atomic mass is 35.5. The van der Waals surface area contributed by atoms with E-state index < -0.39 is 0 Å². The van der Waals surface area contributed by atoms with E-state index in [0.717, 1.165) is 38.5 Å². The predicted octanol–water partition coefficient (Wildman–Crippen LogP) is 3.04. The quantitative estimate of drug-likeness (QED) is 0.872. The summed E-state index contributed by atoms with van der Waals surface area (Å²) in [6.45, 7) is 0.547. The van der Waals surface area contributed by atoms with Gasteiger partial charge in [-0.05, 0) is 37.5 Å². The molecular weight excluding hydrogens is 276 g/mol. The van der Waals surface area contributed by atoms with E-state index in [1.165, 1.54) is 17.4 Å². The summed E-state index contributed by atoms with van der Waals surface area (Å²) < 4.78 is 1.38. The molecule has 0 spiro atoms. The van der Waals surface area contributed by atoms with Gasteiger partial charge in [0.15, 0.2) is 0 Å². The van der Waals surface area contributed by atoms with E-state index in [0.29, 0.717) is 18.0 Å². The second kappa shape index (κ2) is 5.76. The van der Waals surface area contributed by atoms with Crippen LogP contribution in [0, 0.1) is 5.92 Å². The van der Waals surface area contributed by atoms with E-state index in [1.807, 2.05) is 0 Å². The number of aromatic amines is 1. The molecule has 4 nitrogen and oxygen atoms in total. The summed E-state index contributed by atoms with van der Waals surface area (Å²) in [7, 11) is 0. The van der Waals surface area contributed by atoms with Crippen molar-refractivity contribution in [2.45, 2.75) is 63.8 Å². The number of nitrogens with one attached hydrogen (secondary N) is 1. The summed E-state index contributed by atoms with van der Waals surface area (Å²) in [6.07, 6.45) is 8.95. The molecule has 0 saturated heterocycles. The first-order valence-corrected chi connectivity index (χ1v) is 8.07. The average molecular weight is 297 g/mol. The van der Waals surface area contributed by atoms with Crippen molar-refractivity contribution in [2.24, 2.45) is 5.92 Å². The van der Waals surface area contributed by atoms with E-state index in [-0.39, 0.29) is 22.3 Å². The molecule has 3 rings (SSSR count). The number of H-pyrrole nitrogens is 1. The van der Waals surface area contributed by atoms with Crippen molar-refractivity contribution in [3.05, 3.63) is 31.6 Å². The maximum Gasteiger partial charge on any atom is 0.329 e. The largest absolute Gasteiger partial charge is 0.329 e. The van der Waals surface area contributed by atoms with E-state index in [1.54, 1.807) is 0 Å². The Kier molecular flexibility index (Phi) is 4.01. The molecule has 1 N–H and O–H groups in total. The maximum absolute atomic E-state index is 12.6. The molecule has 2 fully saturated rings. The van der Waals surface area contributed by atoms with Crippen LogP contribution in [0.5, 0.6) is 0 Å². The zero-order chi connectivity index (χ0) is 14.1. The zero-order valence-electron chi connectivity index (χ0n) is 11.7. The summed E-state index contributed by atoms with van der Waals surface area (Å²) >= 11 is 6.13. The van der Waals surface area contributed by atoms with Crippen molar-refractivity contribution >= 4 is 11.6 Å². The molecule has 2 saturated carbocycles. The van der Waals surface area contributed by atoms with Crippen LogP contribution in [0.4, 0.5) is 0 Å². The fourth-order valence-corrected chi connectivity index (χ4v) is 4.06. The van der Waals surface area contributed by atoms with Gasteiger partial charge in [0, 0.05) is 6.54 Å². The van der Waals surface area contributed by atoms with Crippen molar-refractivity contribution < 1.29 is 0 Å². The Morgan fingerprint density at radius 1 is 1.05 bits per heavy atom. The van der Waals surface area contributed by atoms with Crippen LogP contribution in [-0.4, -0.2) is 9.55 Å². The summed E-state index contributed by atoms with van der Waals surface area (Å²) in [5.41, 5.74) is 0.132. The Balaban J connectivity index is 1.98. The van der Waals surface area contributed by atoms with E-state index in [9.17, 15) is 9.59 Å². The Bertz CT molecular complexity index is 593. The normalized spacial score (nSPS) is 20.9. The van der Waals surface area contributed by atoms with Gasteiger partial charge in [-0.2, -0.15) is 0 Å². The Morgan fingerprint density at radius 2 is 1.65 bits per heavy atom. The lowest BCUT2D eigenvalue weighted by Crippen LogP contribution is -2.39. The summed E-state index contributed by atoms with van der Waals surface area (Å²) in [5, 5.41) is 0.259. The van der Waals surface area contributed by atoms with Gasteiger partial charge in [0.25, 0.3) is 5.56 Å². The first-order valence-electron chi connectivity index (χ1n) is 7.69. The number of hydrogen-bond donors (Lipinski definition) is 1. The van der Waals surface area contributed by atoms with E-state index in [4.69, 9.17) is 11.6 Å². The van der Waals surface area contributed by atoms with Crippen LogP contribution in [0.2, 0.25) is 5.15 Å². The molecule has 0 radical (unpaired) electrons. The van der Waals surface area contributed by atoms with E-state index in [2.05, 4.69) is 4.98 Å². The highest BCUT2D eigenvalue weighted by Crippen LogP contribution is 2.34. The predicted molar refractivity (Wildman–Crippen MR) is 79.5 cm³/mol. The van der Waals surface area contributed by atoms with Crippen LogP contribution >= 0.6 is 11.6 Å². The molecule has 0 atom stereocenters. The molecule has 0 aliphatic heterocycles. The molecule has 110 valence electrons. The lowest BCUT2D eigenvalue weighted by Gasteiger charge is -2.15. The van der Waals surface area contributed by atoms with Gasteiger partial charge in [-0.3, -0.25) is 14.3 Å². The van der Waals surface area contributed by atoms with E-state index >= 15 is 0 Å². The lowest BCUT2D eigenvalue weighted by molar-refractivity contribution is 0.432. The number of aromatic nitrogens is 2. The van der Waals surface area contributed by atoms with Crippen LogP contribution in [0.1, 0.15) is 62.8 Å². The molecule has 2 aliphatic rings. The molecule has 0 amide bonds. The minimum atomic E-state index is -0.353. The van der Waals surface area contributed by atoms with Gasteiger partial charge >= 0.3 is 5.69 Å². The van der Waals surface area contributed by atoms with Gasteiger partial charge in [0.05, 0.1) is 5.56 Å². The Hall–Kier alpha value is -1.03. The first-order chi connectivity index (χ1) is 9.66. The summed E-state index contributed by atoms with van der Waals surface area (Å²) in [4.78, 5) is 27.4. The van der Waals surface area contributed by atoms with Crippen molar-refractivity contribution in [1.29, 1.82) is 0 Å². The van der Waals surface area contributed by atoms with Gasteiger partial charge in [-0.15, -0.1) is 0 Å². The molecule has 1 heterocycles. The molecule has 0 unspecified atom stereocenters. The van der Waals surface area contributed by atoms with Crippen LogP contribution < -0.4 is 11.2 Å². The van der Waals surface area contributed by atoms with Crippen LogP contribution in [-0.2, 0) is 6.54 Å². The van der Waals surface area contributed by atoms with Gasteiger partial charge in [0.2, 0.25) is 0 Å². The van der Waals surface area contributed by atoms with Crippen LogP contribution in [0.3, 0.4) is 0 Å². The molecule has 0 bridgehead atoms. The number of hydrogen-bond acceptors (Lipinski definition) is 2. The molecule has 0 aromatic carbocycles. The Labute approximate surface area is 123 Å². The second-order valence-corrected chi connectivity index (χ2v) is 6.58. The molecule has 5 heteroatoms. The van der Waals surface area contributed by atoms with Crippen LogP contribution in [0.25, 0.3) is 0 Å². The van der Waals surface area contributed by atoms with Gasteiger partial charge in [-0.1, -0.05) is 37.3 Å². The standard InChI is InChI=1S/C15H21ClN2O2/c16-13-12(11-7-3-4-8-11)14(19)18(15(20)17-13)9-10-5-1-2-6-10/h10-11H,1-9H2,(H,17,20). The van der Waals surface area contributed by atoms with Crippen molar-refractivity contribution in [3.63, 3.8) is 0 Å². The number of rotatable bonds is 3. The van der Waals surface area contributed by atoms with Crippen molar-refractivity contribution in [3.8, 4) is 0 Å². The summed E-state index contributed by atoms with van der Waals surface area (Å²) in [5.74, 6) is 0.688. The molecule has 20 heavy (non-hydrogen) atoms. The van der Waals surface area contributed by atoms with Gasteiger partial charge < -0.3 is 0 Å². The minimum absolute atomic E-state index is 0.155. The topological polar surface area (TPSA) is 54.9 Å². The Morgan fingerprint density at radius 3 is 2.30 bits per heavy atom. The smallest absolute Gasteiger partial charge is 0.297 e. The minimum Gasteiger partial charge on any atom is -0.297 e. The maximum atomic E-state index is 12.6. The highest BCUT2D eigenvalue weighted by Gasteiger charge is 2.26. The SMILES string of the molecule is O=c1[nH]c(Cl)c(C2CCCC2)c(=O)n1CC1CCCC1. The third-order valence-electron chi connectivity index (χ3n) is 4.85. The van der Waals surface area contributed by atoms with Crippen LogP contribution in [0.15, 0.2) is 9.59 Å². The van der Waals surface area contributed by atoms with Gasteiger partial charge in [-0.25, -0.2) is 4.79 Å². The molecule has 2 aliphatic carbocycles. The fourth-order valence-electron chi connectivity index (χ4n) is 3.75. The number of halogens is 1. The summed E-state index contributed by atoms with van der Waals surface area (Å²) in [6, 6.07) is 0. The molecule has 1 aromatic heterocycles. The fraction of sp³-hybridized carbons (Fsp3) is 0.733. The third kappa shape index (κ3) is 2.58. The average Bonchev–Trinajstić information content (AvgIpc) is 3.07. The molecular formula is C15H21ClN2O2. The zero-order valence-corrected chi connectivity index (χ0v) is 12.4. The van der Waals surface area contributed by atoms with Crippen molar-refractivity contribution in [2.75, 3.05) is 0 Å². The lowest BCUT2D eigenvalue weighted by atomic mass is 10.0. The third-order valence-corrected chi connectivity index (χ3v) is 5.15. The highest BCUT2D eigenvalue weighted by molar-refractivity contribution is 6.30. The monoisotopic (exact) mass is 296 g/mol.